The summed E-state index contributed by atoms with van der Waals surface area (Å²) in [6.07, 6.45) is 0. The molecule has 94 valence electrons. The Morgan fingerprint density at radius 1 is 1.35 bits per heavy atom. The third-order valence-electron chi connectivity index (χ3n) is 2.30. The molecular weight excluding hydrogens is 220 g/mol. The van der Waals surface area contributed by atoms with Crippen molar-refractivity contribution in [2.75, 3.05) is 36.5 Å². The lowest BCUT2D eigenvalue weighted by Gasteiger charge is -2.20. The predicted molar refractivity (Wildman–Crippen MR) is 67.1 cm³/mol. The average Bonchev–Trinajstić information content (AvgIpc) is 2.33. The Morgan fingerprint density at radius 3 is 2.71 bits per heavy atom. The van der Waals surface area contributed by atoms with Crippen molar-refractivity contribution >= 4 is 17.3 Å². The van der Waals surface area contributed by atoms with E-state index in [1.807, 2.05) is 18.2 Å². The van der Waals surface area contributed by atoms with Crippen molar-refractivity contribution in [3.8, 4) is 0 Å². The van der Waals surface area contributed by atoms with E-state index >= 15 is 0 Å². The molecule has 1 amide bonds. The molecule has 1 aromatic rings. The van der Waals surface area contributed by atoms with Gasteiger partial charge < -0.3 is 20.4 Å². The Balaban J connectivity index is 2.83. The number of aliphatic hydroxyl groups excluding tert-OH is 2. The van der Waals surface area contributed by atoms with Crippen LogP contribution in [0, 0.1) is 0 Å². The van der Waals surface area contributed by atoms with Gasteiger partial charge in [-0.1, -0.05) is 6.07 Å². The Kier molecular flexibility index (Phi) is 5.45. The van der Waals surface area contributed by atoms with Crippen LogP contribution in [0.3, 0.4) is 0 Å². The van der Waals surface area contributed by atoms with Crippen molar-refractivity contribution in [3.05, 3.63) is 24.3 Å². The van der Waals surface area contributed by atoms with Crippen molar-refractivity contribution in [1.82, 2.24) is 0 Å². The van der Waals surface area contributed by atoms with Gasteiger partial charge in [0.25, 0.3) is 0 Å². The van der Waals surface area contributed by atoms with E-state index in [1.54, 1.807) is 6.07 Å². The molecule has 17 heavy (non-hydrogen) atoms. The van der Waals surface area contributed by atoms with Gasteiger partial charge in [0.05, 0.1) is 13.2 Å². The normalized spacial score (nSPS) is 10.1. The number of hydrogen-bond donors (Lipinski definition) is 3. The van der Waals surface area contributed by atoms with Gasteiger partial charge in [0.2, 0.25) is 5.91 Å². The van der Waals surface area contributed by atoms with Crippen LogP contribution < -0.4 is 10.2 Å². The Morgan fingerprint density at radius 2 is 2.12 bits per heavy atom. The van der Waals surface area contributed by atoms with Gasteiger partial charge in [-0.2, -0.15) is 0 Å². The molecule has 0 atom stereocenters. The summed E-state index contributed by atoms with van der Waals surface area (Å²) in [7, 11) is 0. The zero-order valence-corrected chi connectivity index (χ0v) is 9.89. The average molecular weight is 238 g/mol. The van der Waals surface area contributed by atoms with Gasteiger partial charge in [0, 0.05) is 31.4 Å². The molecule has 0 heterocycles. The van der Waals surface area contributed by atoms with Crippen LogP contribution in [0.5, 0.6) is 0 Å². The maximum atomic E-state index is 11.4. The summed E-state index contributed by atoms with van der Waals surface area (Å²) in [4.78, 5) is 12.9. The first-order valence-electron chi connectivity index (χ1n) is 5.52. The first kappa shape index (κ1) is 13.5. The second-order valence-corrected chi connectivity index (χ2v) is 3.59. The van der Waals surface area contributed by atoms with E-state index in [0.29, 0.717) is 6.54 Å². The van der Waals surface area contributed by atoms with Crippen molar-refractivity contribution < 1.29 is 15.0 Å². The molecule has 0 aliphatic heterocycles. The highest BCUT2D eigenvalue weighted by Gasteiger charge is 2.10. The van der Waals surface area contributed by atoms with E-state index in [0.717, 1.165) is 11.4 Å². The zero-order valence-electron chi connectivity index (χ0n) is 9.89. The van der Waals surface area contributed by atoms with Crippen LogP contribution in [0.15, 0.2) is 24.3 Å². The fraction of sp³-hybridized carbons (Fsp3) is 0.417. The fourth-order valence-corrected chi connectivity index (χ4v) is 1.55. The Hall–Kier alpha value is -1.59. The standard InChI is InChI=1S/C12H18N2O3/c1-10(17)14(6-8-16)12-4-2-3-11(9-12)13-5-7-15/h2-4,9,13,15-16H,5-8H2,1H3. The van der Waals surface area contributed by atoms with Gasteiger partial charge in [-0.25, -0.2) is 0 Å². The molecule has 5 heteroatoms. The van der Waals surface area contributed by atoms with Crippen LogP contribution in [0.1, 0.15) is 6.92 Å². The summed E-state index contributed by atoms with van der Waals surface area (Å²) in [6.45, 7) is 2.18. The largest absolute Gasteiger partial charge is 0.395 e. The number of carbonyl (C=O) groups excluding carboxylic acids is 1. The van der Waals surface area contributed by atoms with Crippen LogP contribution in [0.4, 0.5) is 11.4 Å². The van der Waals surface area contributed by atoms with Gasteiger partial charge in [-0.05, 0) is 18.2 Å². The molecule has 0 fully saturated rings. The molecule has 1 aromatic carbocycles. The lowest BCUT2D eigenvalue weighted by Crippen LogP contribution is -2.31. The van der Waals surface area contributed by atoms with E-state index in [2.05, 4.69) is 5.32 Å². The highest BCUT2D eigenvalue weighted by Crippen LogP contribution is 2.19. The van der Waals surface area contributed by atoms with Crippen LogP contribution in [-0.4, -0.2) is 42.4 Å². The minimum atomic E-state index is -0.113. The number of carbonyl (C=O) groups is 1. The molecule has 0 aromatic heterocycles. The third-order valence-corrected chi connectivity index (χ3v) is 2.30. The zero-order chi connectivity index (χ0) is 12.7. The van der Waals surface area contributed by atoms with Crippen LogP contribution in [-0.2, 0) is 4.79 Å². The molecule has 0 bridgehead atoms. The van der Waals surface area contributed by atoms with E-state index in [4.69, 9.17) is 10.2 Å². The van der Waals surface area contributed by atoms with Crippen molar-refractivity contribution in [2.45, 2.75) is 6.92 Å². The topological polar surface area (TPSA) is 72.8 Å². The smallest absolute Gasteiger partial charge is 0.223 e. The molecule has 0 unspecified atom stereocenters. The number of rotatable bonds is 6. The predicted octanol–water partition coefficient (Wildman–Crippen LogP) is 0.436. The SMILES string of the molecule is CC(=O)N(CCO)c1cccc(NCCO)c1. The van der Waals surface area contributed by atoms with E-state index in [1.165, 1.54) is 11.8 Å². The van der Waals surface area contributed by atoms with Gasteiger partial charge in [0.1, 0.15) is 0 Å². The molecular formula is C12H18N2O3. The summed E-state index contributed by atoms with van der Waals surface area (Å²) in [6, 6.07) is 7.30. The molecule has 0 saturated heterocycles. The van der Waals surface area contributed by atoms with E-state index in [-0.39, 0.29) is 25.7 Å². The van der Waals surface area contributed by atoms with Gasteiger partial charge in [0.15, 0.2) is 0 Å². The van der Waals surface area contributed by atoms with Gasteiger partial charge >= 0.3 is 0 Å². The van der Waals surface area contributed by atoms with Gasteiger partial charge in [-0.15, -0.1) is 0 Å². The summed E-state index contributed by atoms with van der Waals surface area (Å²) in [5.74, 6) is -0.113. The summed E-state index contributed by atoms with van der Waals surface area (Å²) < 4.78 is 0. The monoisotopic (exact) mass is 238 g/mol. The number of nitrogens with one attached hydrogen (secondary N) is 1. The highest BCUT2D eigenvalue weighted by molar-refractivity contribution is 5.92. The molecule has 3 N–H and O–H groups in total. The first-order chi connectivity index (χ1) is 8.19. The number of hydrogen-bond acceptors (Lipinski definition) is 4. The minimum absolute atomic E-state index is 0.0529. The maximum absolute atomic E-state index is 11.4. The Bertz CT molecular complexity index is 369. The molecule has 1 rings (SSSR count). The molecule has 0 aliphatic rings. The number of anilines is 2. The lowest BCUT2D eigenvalue weighted by atomic mass is 10.2. The molecule has 0 radical (unpaired) electrons. The minimum Gasteiger partial charge on any atom is -0.395 e. The van der Waals surface area contributed by atoms with Gasteiger partial charge in [-0.3, -0.25) is 4.79 Å². The van der Waals surface area contributed by atoms with Crippen molar-refractivity contribution in [2.24, 2.45) is 0 Å². The van der Waals surface area contributed by atoms with Crippen LogP contribution >= 0.6 is 0 Å². The summed E-state index contributed by atoms with van der Waals surface area (Å²) in [5, 5.41) is 20.7. The quantitative estimate of drug-likeness (QED) is 0.672. The second kappa shape index (κ2) is 6.88. The number of nitrogens with zero attached hydrogens (tertiary/aromatic N) is 1. The lowest BCUT2D eigenvalue weighted by molar-refractivity contribution is -0.116. The maximum Gasteiger partial charge on any atom is 0.223 e. The summed E-state index contributed by atoms with van der Waals surface area (Å²) >= 11 is 0. The third kappa shape index (κ3) is 4.05. The fourth-order valence-electron chi connectivity index (χ4n) is 1.55. The molecule has 0 saturated carbocycles. The second-order valence-electron chi connectivity index (χ2n) is 3.59. The molecule has 0 spiro atoms. The Labute approximate surface area is 101 Å². The highest BCUT2D eigenvalue weighted by atomic mass is 16.3. The van der Waals surface area contributed by atoms with Crippen LogP contribution in [0.2, 0.25) is 0 Å². The summed E-state index contributed by atoms with van der Waals surface area (Å²) in [5.41, 5.74) is 1.57. The van der Waals surface area contributed by atoms with Crippen molar-refractivity contribution in [3.63, 3.8) is 0 Å². The number of benzene rings is 1. The van der Waals surface area contributed by atoms with E-state index in [9.17, 15) is 4.79 Å². The first-order valence-corrected chi connectivity index (χ1v) is 5.52. The van der Waals surface area contributed by atoms with Crippen LogP contribution in [0.25, 0.3) is 0 Å². The molecule has 5 nitrogen and oxygen atoms in total. The van der Waals surface area contributed by atoms with E-state index < -0.39 is 0 Å². The molecule has 0 aliphatic carbocycles. The van der Waals surface area contributed by atoms with Crippen molar-refractivity contribution in [1.29, 1.82) is 0 Å². The number of amides is 1. The number of aliphatic hydroxyl groups is 2.